The number of hydrogen-bond donors (Lipinski definition) is 0. The topological polar surface area (TPSA) is 51.9 Å². The van der Waals surface area contributed by atoms with E-state index in [1.807, 2.05) is 60.4 Å². The molecule has 1 aliphatic heterocycles. The van der Waals surface area contributed by atoms with Gasteiger partial charge in [0, 0.05) is 24.9 Å². The lowest BCUT2D eigenvalue weighted by Gasteiger charge is -2.32. The van der Waals surface area contributed by atoms with Crippen molar-refractivity contribution in [1.29, 1.82) is 0 Å². The number of carbonyl (C=O) groups is 1. The summed E-state index contributed by atoms with van der Waals surface area (Å²) in [7, 11) is 1.66. The number of amides is 1. The zero-order valence-electron chi connectivity index (χ0n) is 15.6. The first-order chi connectivity index (χ1) is 13.1. The van der Waals surface area contributed by atoms with E-state index in [0.29, 0.717) is 25.5 Å². The number of carbonyl (C=O) groups excluding carboxylic acids is 1. The predicted molar refractivity (Wildman–Crippen MR) is 103 cm³/mol. The molecule has 27 heavy (non-hydrogen) atoms. The number of rotatable bonds is 4. The number of fused-ring (bicyclic) bond motifs is 1. The van der Waals surface area contributed by atoms with Crippen molar-refractivity contribution >= 4 is 16.9 Å². The van der Waals surface area contributed by atoms with E-state index in [2.05, 4.69) is 0 Å². The number of morpholine rings is 1. The standard InChI is InChI=1S/C22H23NO4/c1-15-4-3-5-17-13-20(27-21(15)17)22(24)23-10-11-26-19(14-23)12-16-6-8-18(25-2)9-7-16/h3-9,13,19H,10-12,14H2,1-2H3. The highest BCUT2D eigenvalue weighted by Crippen LogP contribution is 2.24. The number of furan rings is 1. The SMILES string of the molecule is COc1ccc(CC2CN(C(=O)c3cc4cccc(C)c4o3)CCO2)cc1. The van der Waals surface area contributed by atoms with Gasteiger partial charge < -0.3 is 18.8 Å². The van der Waals surface area contributed by atoms with Gasteiger partial charge in [0.15, 0.2) is 5.76 Å². The summed E-state index contributed by atoms with van der Waals surface area (Å²) >= 11 is 0. The molecule has 1 atom stereocenters. The van der Waals surface area contributed by atoms with Crippen molar-refractivity contribution in [2.75, 3.05) is 26.8 Å². The normalized spacial score (nSPS) is 17.3. The Labute approximate surface area is 158 Å². The largest absolute Gasteiger partial charge is 0.497 e. The van der Waals surface area contributed by atoms with Gasteiger partial charge in [-0.15, -0.1) is 0 Å². The fourth-order valence-corrected chi connectivity index (χ4v) is 3.52. The van der Waals surface area contributed by atoms with Gasteiger partial charge in [0.05, 0.1) is 19.8 Å². The van der Waals surface area contributed by atoms with Crippen LogP contribution in [0.15, 0.2) is 52.9 Å². The molecule has 1 amide bonds. The molecular weight excluding hydrogens is 342 g/mol. The minimum absolute atomic E-state index is 0.0257. The van der Waals surface area contributed by atoms with Gasteiger partial charge in [-0.05, 0) is 36.2 Å². The number of nitrogens with zero attached hydrogens (tertiary/aromatic N) is 1. The molecule has 0 N–H and O–H groups in total. The molecule has 1 fully saturated rings. The van der Waals surface area contributed by atoms with Gasteiger partial charge in [-0.25, -0.2) is 0 Å². The molecule has 0 spiro atoms. The van der Waals surface area contributed by atoms with E-state index in [1.165, 1.54) is 0 Å². The summed E-state index contributed by atoms with van der Waals surface area (Å²) in [6, 6.07) is 15.7. The Kier molecular flexibility index (Phi) is 4.86. The molecule has 1 aliphatic rings. The highest BCUT2D eigenvalue weighted by atomic mass is 16.5. The van der Waals surface area contributed by atoms with Gasteiger partial charge in [-0.2, -0.15) is 0 Å². The van der Waals surface area contributed by atoms with Crippen molar-refractivity contribution in [1.82, 2.24) is 4.90 Å². The van der Waals surface area contributed by atoms with Crippen LogP contribution in [0.4, 0.5) is 0 Å². The van der Waals surface area contributed by atoms with Crippen molar-refractivity contribution in [2.45, 2.75) is 19.4 Å². The predicted octanol–water partition coefficient (Wildman–Crippen LogP) is 3.83. The van der Waals surface area contributed by atoms with Crippen molar-refractivity contribution in [3.05, 3.63) is 65.4 Å². The van der Waals surface area contributed by atoms with Crippen LogP contribution in [0.5, 0.6) is 5.75 Å². The molecule has 2 heterocycles. The molecule has 5 heteroatoms. The third-order valence-electron chi connectivity index (χ3n) is 5.00. The minimum Gasteiger partial charge on any atom is -0.497 e. The van der Waals surface area contributed by atoms with Crippen molar-refractivity contribution in [3.8, 4) is 5.75 Å². The molecule has 0 saturated carbocycles. The molecule has 140 valence electrons. The van der Waals surface area contributed by atoms with Gasteiger partial charge in [-0.3, -0.25) is 4.79 Å². The third-order valence-corrected chi connectivity index (χ3v) is 5.00. The minimum atomic E-state index is -0.0753. The Morgan fingerprint density at radius 3 is 2.78 bits per heavy atom. The van der Waals surface area contributed by atoms with Crippen LogP contribution in [0, 0.1) is 6.92 Å². The zero-order chi connectivity index (χ0) is 18.8. The number of hydrogen-bond acceptors (Lipinski definition) is 4. The van der Waals surface area contributed by atoms with Gasteiger partial charge in [0.25, 0.3) is 5.91 Å². The number of benzene rings is 2. The summed E-state index contributed by atoms with van der Waals surface area (Å²) in [5.41, 5.74) is 2.98. The molecule has 5 nitrogen and oxygen atoms in total. The summed E-state index contributed by atoms with van der Waals surface area (Å²) in [6.45, 7) is 3.65. The Morgan fingerprint density at radius 2 is 2.04 bits per heavy atom. The molecule has 1 unspecified atom stereocenters. The Morgan fingerprint density at radius 1 is 1.22 bits per heavy atom. The number of methoxy groups -OCH3 is 1. The van der Waals surface area contributed by atoms with E-state index in [9.17, 15) is 4.79 Å². The van der Waals surface area contributed by atoms with Gasteiger partial charge in [-0.1, -0.05) is 30.3 Å². The second-order valence-electron chi connectivity index (χ2n) is 6.90. The highest BCUT2D eigenvalue weighted by Gasteiger charge is 2.27. The molecule has 4 rings (SSSR count). The van der Waals surface area contributed by atoms with Crippen LogP contribution in [0.3, 0.4) is 0 Å². The van der Waals surface area contributed by atoms with E-state index < -0.39 is 0 Å². The first-order valence-electron chi connectivity index (χ1n) is 9.17. The van der Waals surface area contributed by atoms with Crippen LogP contribution in [0.1, 0.15) is 21.7 Å². The zero-order valence-corrected chi connectivity index (χ0v) is 15.6. The average Bonchev–Trinajstić information content (AvgIpc) is 3.14. The molecule has 1 saturated heterocycles. The monoisotopic (exact) mass is 365 g/mol. The van der Waals surface area contributed by atoms with Crippen molar-refractivity contribution in [3.63, 3.8) is 0 Å². The Bertz CT molecular complexity index is 945. The van der Waals surface area contributed by atoms with Gasteiger partial charge in [0.2, 0.25) is 0 Å². The molecular formula is C22H23NO4. The Balaban J connectivity index is 1.46. The van der Waals surface area contributed by atoms with Crippen LogP contribution in [-0.2, 0) is 11.2 Å². The van der Waals surface area contributed by atoms with Crippen LogP contribution >= 0.6 is 0 Å². The molecule has 0 bridgehead atoms. The average molecular weight is 365 g/mol. The summed E-state index contributed by atoms with van der Waals surface area (Å²) in [5, 5.41) is 0.960. The third kappa shape index (κ3) is 3.69. The van der Waals surface area contributed by atoms with E-state index in [-0.39, 0.29) is 12.0 Å². The molecule has 1 aromatic heterocycles. The quantitative estimate of drug-likeness (QED) is 0.705. The maximum atomic E-state index is 12.9. The lowest BCUT2D eigenvalue weighted by atomic mass is 10.1. The maximum absolute atomic E-state index is 12.9. The van der Waals surface area contributed by atoms with Gasteiger partial charge >= 0.3 is 0 Å². The number of para-hydroxylation sites is 1. The van der Waals surface area contributed by atoms with Crippen molar-refractivity contribution in [2.24, 2.45) is 0 Å². The van der Waals surface area contributed by atoms with E-state index in [4.69, 9.17) is 13.9 Å². The number of aryl methyl sites for hydroxylation is 1. The van der Waals surface area contributed by atoms with E-state index in [1.54, 1.807) is 7.11 Å². The lowest BCUT2D eigenvalue weighted by molar-refractivity contribution is -0.0217. The number of ether oxygens (including phenoxy) is 2. The first kappa shape index (κ1) is 17.6. The Hall–Kier alpha value is -2.79. The van der Waals surface area contributed by atoms with E-state index in [0.717, 1.165) is 34.3 Å². The maximum Gasteiger partial charge on any atom is 0.289 e. The fourth-order valence-electron chi connectivity index (χ4n) is 3.52. The van der Waals surface area contributed by atoms with Gasteiger partial charge in [0.1, 0.15) is 11.3 Å². The molecule has 0 radical (unpaired) electrons. The molecule has 3 aromatic rings. The van der Waals surface area contributed by atoms with Crippen LogP contribution in [-0.4, -0.2) is 43.7 Å². The summed E-state index contributed by atoms with van der Waals surface area (Å²) in [6.07, 6.45) is 0.731. The van der Waals surface area contributed by atoms with E-state index >= 15 is 0 Å². The second-order valence-corrected chi connectivity index (χ2v) is 6.90. The summed E-state index contributed by atoms with van der Waals surface area (Å²) in [4.78, 5) is 14.7. The smallest absolute Gasteiger partial charge is 0.289 e. The molecule has 0 aliphatic carbocycles. The van der Waals surface area contributed by atoms with Crippen LogP contribution in [0.25, 0.3) is 11.0 Å². The van der Waals surface area contributed by atoms with Crippen LogP contribution < -0.4 is 4.74 Å². The highest BCUT2D eigenvalue weighted by molar-refractivity contribution is 5.96. The first-order valence-corrected chi connectivity index (χ1v) is 9.17. The molecule has 2 aromatic carbocycles. The van der Waals surface area contributed by atoms with Crippen LogP contribution in [0.2, 0.25) is 0 Å². The second kappa shape index (κ2) is 7.45. The fraction of sp³-hybridized carbons (Fsp3) is 0.318. The summed E-state index contributed by atoms with van der Waals surface area (Å²) in [5.74, 6) is 1.15. The lowest BCUT2D eigenvalue weighted by Crippen LogP contribution is -2.46. The van der Waals surface area contributed by atoms with Crippen molar-refractivity contribution < 1.29 is 18.7 Å². The summed E-state index contributed by atoms with van der Waals surface area (Å²) < 4.78 is 16.9.